The Labute approximate surface area is 199 Å². The third-order valence-electron chi connectivity index (χ3n) is 6.15. The summed E-state index contributed by atoms with van der Waals surface area (Å²) in [5, 5.41) is 0. The van der Waals surface area contributed by atoms with Gasteiger partial charge in [0.15, 0.2) is 0 Å². The van der Waals surface area contributed by atoms with E-state index in [-0.39, 0.29) is 18.0 Å². The molecule has 0 atom stereocenters. The number of benzene rings is 2. The molecule has 2 aliphatic heterocycles. The molecule has 6 nitrogen and oxygen atoms in total. The number of fused-ring (bicyclic) bond motifs is 1. The summed E-state index contributed by atoms with van der Waals surface area (Å²) in [4.78, 5) is 26.0. The minimum absolute atomic E-state index is 0.0427. The van der Waals surface area contributed by atoms with E-state index < -0.39 is 23.5 Å². The molecular weight excluding hydrogens is 464 g/mol. The number of carbonyl (C=O) groups excluding carboxylic acids is 1. The molecule has 3 aromatic rings. The molecular formula is C25H22F4N4O2. The molecule has 1 fully saturated rings. The highest BCUT2D eigenvalue weighted by Gasteiger charge is 2.33. The number of rotatable bonds is 4. The van der Waals surface area contributed by atoms with Crippen LogP contribution in [0, 0.1) is 5.82 Å². The lowest BCUT2D eigenvalue weighted by Crippen LogP contribution is -2.37. The van der Waals surface area contributed by atoms with Crippen LogP contribution in [-0.4, -0.2) is 40.4 Å². The molecule has 0 bridgehead atoms. The predicted molar refractivity (Wildman–Crippen MR) is 120 cm³/mol. The molecule has 0 unspecified atom stereocenters. The van der Waals surface area contributed by atoms with Gasteiger partial charge in [0.25, 0.3) is 5.91 Å². The maximum atomic E-state index is 13.4. The Morgan fingerprint density at radius 1 is 0.971 bits per heavy atom. The number of anilines is 1. The molecule has 1 aromatic heterocycles. The van der Waals surface area contributed by atoms with Crippen LogP contribution in [-0.2, 0) is 19.1 Å². The summed E-state index contributed by atoms with van der Waals surface area (Å²) in [6.07, 6.45) is -2.06. The molecule has 2 aliphatic rings. The van der Waals surface area contributed by atoms with Gasteiger partial charge in [-0.3, -0.25) is 4.79 Å². The van der Waals surface area contributed by atoms with Crippen LogP contribution in [0.1, 0.15) is 40.0 Å². The molecule has 0 N–H and O–H groups in total. The Kier molecular flexibility index (Phi) is 6.04. The van der Waals surface area contributed by atoms with E-state index in [1.165, 1.54) is 41.3 Å². The van der Waals surface area contributed by atoms with Gasteiger partial charge in [-0.25, -0.2) is 9.37 Å². The number of hydrogen-bond acceptors (Lipinski definition) is 5. The summed E-state index contributed by atoms with van der Waals surface area (Å²) in [5.74, 6) is 0.248. The van der Waals surface area contributed by atoms with Gasteiger partial charge in [0.1, 0.15) is 11.6 Å². The van der Waals surface area contributed by atoms with E-state index in [2.05, 4.69) is 9.88 Å². The summed E-state index contributed by atoms with van der Waals surface area (Å²) in [5.41, 5.74) is 0.398. The van der Waals surface area contributed by atoms with Crippen LogP contribution in [0.2, 0.25) is 0 Å². The van der Waals surface area contributed by atoms with E-state index in [9.17, 15) is 22.4 Å². The largest absolute Gasteiger partial charge is 0.438 e. The summed E-state index contributed by atoms with van der Waals surface area (Å²) < 4.78 is 58.8. The average Bonchev–Trinajstić information content (AvgIpc) is 3.39. The molecule has 1 saturated heterocycles. The van der Waals surface area contributed by atoms with Crippen LogP contribution < -0.4 is 9.64 Å². The zero-order chi connectivity index (χ0) is 24.6. The first-order valence-corrected chi connectivity index (χ1v) is 11.3. The zero-order valence-corrected chi connectivity index (χ0v) is 18.7. The van der Waals surface area contributed by atoms with Crippen LogP contribution in [0.25, 0.3) is 0 Å². The fraction of sp³-hybridized carbons (Fsp3) is 0.320. The van der Waals surface area contributed by atoms with Gasteiger partial charge in [0, 0.05) is 31.6 Å². The summed E-state index contributed by atoms with van der Waals surface area (Å²) >= 11 is 0. The summed E-state index contributed by atoms with van der Waals surface area (Å²) in [6.45, 7) is 2.04. The molecule has 0 spiro atoms. The Morgan fingerprint density at radius 3 is 2.43 bits per heavy atom. The van der Waals surface area contributed by atoms with Gasteiger partial charge in [-0.15, -0.1) is 0 Å². The fourth-order valence-electron chi connectivity index (χ4n) is 4.31. The van der Waals surface area contributed by atoms with Crippen molar-refractivity contribution in [2.75, 3.05) is 24.5 Å². The molecule has 3 heterocycles. The highest BCUT2D eigenvalue weighted by Crippen LogP contribution is 2.34. The van der Waals surface area contributed by atoms with Gasteiger partial charge < -0.3 is 14.5 Å². The van der Waals surface area contributed by atoms with E-state index in [1.54, 1.807) is 0 Å². The maximum absolute atomic E-state index is 13.4. The van der Waals surface area contributed by atoms with E-state index >= 15 is 0 Å². The number of ether oxygens (including phenoxy) is 1. The van der Waals surface area contributed by atoms with E-state index in [1.807, 2.05) is 0 Å². The first-order valence-electron chi connectivity index (χ1n) is 11.3. The number of amides is 1. The highest BCUT2D eigenvalue weighted by atomic mass is 19.4. The van der Waals surface area contributed by atoms with Crippen molar-refractivity contribution in [2.45, 2.75) is 32.0 Å². The van der Waals surface area contributed by atoms with Gasteiger partial charge in [-0.2, -0.15) is 18.2 Å². The number of alkyl halides is 3. The minimum atomic E-state index is -4.54. The zero-order valence-electron chi connectivity index (χ0n) is 18.7. The molecule has 2 aromatic carbocycles. The van der Waals surface area contributed by atoms with Gasteiger partial charge in [-0.1, -0.05) is 6.07 Å². The third kappa shape index (κ3) is 4.91. The van der Waals surface area contributed by atoms with Crippen molar-refractivity contribution in [3.63, 3.8) is 0 Å². The van der Waals surface area contributed by atoms with Gasteiger partial charge in [0.05, 0.1) is 23.4 Å². The highest BCUT2D eigenvalue weighted by molar-refractivity contribution is 5.94. The first kappa shape index (κ1) is 23.1. The summed E-state index contributed by atoms with van der Waals surface area (Å²) in [7, 11) is 0. The number of halogens is 4. The molecule has 182 valence electrons. The lowest BCUT2D eigenvalue weighted by atomic mass is 10.0. The van der Waals surface area contributed by atoms with Crippen molar-refractivity contribution < 1.29 is 27.1 Å². The predicted octanol–water partition coefficient (Wildman–Crippen LogP) is 5.23. The topological polar surface area (TPSA) is 58.6 Å². The lowest BCUT2D eigenvalue weighted by Gasteiger charge is -2.30. The van der Waals surface area contributed by atoms with Crippen molar-refractivity contribution in [1.82, 2.24) is 14.9 Å². The Hall–Kier alpha value is -3.69. The standard InChI is InChI=1S/C25H22F4N4O2/c26-18-6-8-19(9-7-18)35-22-20-15-33(23(34)16-4-3-5-17(14-16)25(27,28)29)13-10-21(20)30-24(31-22)32-11-1-2-12-32/h3-9,14H,1-2,10-13,15H2. The van der Waals surface area contributed by atoms with E-state index in [0.717, 1.165) is 43.8 Å². The molecule has 0 radical (unpaired) electrons. The molecule has 35 heavy (non-hydrogen) atoms. The van der Waals surface area contributed by atoms with Crippen molar-refractivity contribution in [3.05, 3.63) is 76.7 Å². The van der Waals surface area contributed by atoms with Crippen molar-refractivity contribution >= 4 is 11.9 Å². The number of nitrogens with zero attached hydrogens (tertiary/aromatic N) is 4. The van der Waals surface area contributed by atoms with E-state index in [4.69, 9.17) is 9.72 Å². The molecule has 5 rings (SSSR count). The van der Waals surface area contributed by atoms with Crippen LogP contribution in [0.3, 0.4) is 0 Å². The molecule has 0 aliphatic carbocycles. The maximum Gasteiger partial charge on any atom is 0.416 e. The fourth-order valence-corrected chi connectivity index (χ4v) is 4.31. The van der Waals surface area contributed by atoms with Crippen molar-refractivity contribution in [3.8, 4) is 11.6 Å². The average molecular weight is 486 g/mol. The third-order valence-corrected chi connectivity index (χ3v) is 6.15. The van der Waals surface area contributed by atoms with Gasteiger partial charge in [0.2, 0.25) is 11.8 Å². The van der Waals surface area contributed by atoms with Crippen LogP contribution in [0.5, 0.6) is 11.6 Å². The van der Waals surface area contributed by atoms with Crippen molar-refractivity contribution in [2.24, 2.45) is 0 Å². The van der Waals surface area contributed by atoms with Gasteiger partial charge >= 0.3 is 6.18 Å². The second-order valence-corrected chi connectivity index (χ2v) is 8.56. The van der Waals surface area contributed by atoms with Crippen LogP contribution in [0.4, 0.5) is 23.5 Å². The van der Waals surface area contributed by atoms with Crippen molar-refractivity contribution in [1.29, 1.82) is 0 Å². The molecule has 10 heteroatoms. The number of aromatic nitrogens is 2. The molecule has 0 saturated carbocycles. The second-order valence-electron chi connectivity index (χ2n) is 8.56. The Bertz CT molecular complexity index is 1240. The van der Waals surface area contributed by atoms with E-state index in [0.29, 0.717) is 30.2 Å². The number of hydrogen-bond donors (Lipinski definition) is 0. The molecule has 1 amide bonds. The number of carbonyl (C=O) groups is 1. The normalized spacial score (nSPS) is 15.8. The monoisotopic (exact) mass is 486 g/mol. The minimum Gasteiger partial charge on any atom is -0.438 e. The summed E-state index contributed by atoms with van der Waals surface area (Å²) in [6, 6.07) is 9.90. The van der Waals surface area contributed by atoms with Gasteiger partial charge in [-0.05, 0) is 55.3 Å². The van der Waals surface area contributed by atoms with Crippen LogP contribution >= 0.6 is 0 Å². The Balaban J connectivity index is 1.46. The first-order chi connectivity index (χ1) is 16.8. The lowest BCUT2D eigenvalue weighted by molar-refractivity contribution is -0.137. The Morgan fingerprint density at radius 2 is 1.71 bits per heavy atom. The SMILES string of the molecule is O=C(c1cccc(C(F)(F)F)c1)N1CCc2nc(N3CCCC3)nc(Oc3ccc(F)cc3)c2C1. The smallest absolute Gasteiger partial charge is 0.416 e. The second kappa shape index (κ2) is 9.16. The quantitative estimate of drug-likeness (QED) is 0.473. The van der Waals surface area contributed by atoms with Crippen LogP contribution in [0.15, 0.2) is 48.5 Å².